The summed E-state index contributed by atoms with van der Waals surface area (Å²) in [5.74, 6) is 0.497. The Morgan fingerprint density at radius 1 is 1.07 bits per heavy atom. The van der Waals surface area contributed by atoms with Crippen LogP contribution in [0, 0.1) is 6.92 Å². The van der Waals surface area contributed by atoms with Crippen molar-refractivity contribution in [3.05, 3.63) is 78.1 Å². The van der Waals surface area contributed by atoms with E-state index in [4.69, 9.17) is 0 Å². The van der Waals surface area contributed by atoms with Crippen molar-refractivity contribution in [1.29, 1.82) is 0 Å². The zero-order valence-corrected chi connectivity index (χ0v) is 14.5. The van der Waals surface area contributed by atoms with Gasteiger partial charge in [-0.3, -0.25) is 4.79 Å². The first-order chi connectivity index (χ1) is 13.2. The molecule has 0 aliphatic carbocycles. The Morgan fingerprint density at radius 3 is 2.48 bits per heavy atom. The predicted octanol–water partition coefficient (Wildman–Crippen LogP) is 1.86. The molecule has 4 rings (SSSR count). The quantitative estimate of drug-likeness (QED) is 0.583. The lowest BCUT2D eigenvalue weighted by atomic mass is 10.1. The first kappa shape index (κ1) is 16.6. The Morgan fingerprint density at radius 2 is 1.85 bits per heavy atom. The fourth-order valence-corrected chi connectivity index (χ4v) is 2.62. The van der Waals surface area contributed by atoms with Crippen LogP contribution >= 0.6 is 0 Å². The molecule has 0 aliphatic heterocycles. The molecule has 0 fully saturated rings. The SMILES string of the molecule is Cc1nnnn1-c1ccc(C(=O)Nc2ccc(Cn3cncn3)cc2)cc1. The fraction of sp³-hybridized carbons (Fsp3) is 0.111. The van der Waals surface area contributed by atoms with E-state index < -0.39 is 0 Å². The highest BCUT2D eigenvalue weighted by molar-refractivity contribution is 6.04. The smallest absolute Gasteiger partial charge is 0.255 e. The summed E-state index contributed by atoms with van der Waals surface area (Å²) < 4.78 is 3.34. The summed E-state index contributed by atoms with van der Waals surface area (Å²) in [4.78, 5) is 16.4. The van der Waals surface area contributed by atoms with Crippen LogP contribution in [0.3, 0.4) is 0 Å². The molecule has 0 radical (unpaired) electrons. The molecular formula is C18H16N8O. The highest BCUT2D eigenvalue weighted by Gasteiger charge is 2.08. The van der Waals surface area contributed by atoms with Crippen molar-refractivity contribution in [2.45, 2.75) is 13.5 Å². The third-order valence-electron chi connectivity index (χ3n) is 4.02. The van der Waals surface area contributed by atoms with Gasteiger partial charge < -0.3 is 5.32 Å². The highest BCUT2D eigenvalue weighted by atomic mass is 16.1. The minimum atomic E-state index is -0.181. The normalized spacial score (nSPS) is 10.7. The van der Waals surface area contributed by atoms with Gasteiger partial charge >= 0.3 is 0 Å². The van der Waals surface area contributed by atoms with E-state index in [1.807, 2.05) is 31.2 Å². The number of rotatable bonds is 5. The number of aromatic nitrogens is 7. The maximum Gasteiger partial charge on any atom is 0.255 e. The van der Waals surface area contributed by atoms with E-state index in [0.29, 0.717) is 17.9 Å². The number of nitrogens with one attached hydrogen (secondary N) is 1. The molecule has 2 aromatic heterocycles. The van der Waals surface area contributed by atoms with Crippen molar-refractivity contribution in [3.8, 4) is 5.69 Å². The first-order valence-corrected chi connectivity index (χ1v) is 8.27. The van der Waals surface area contributed by atoms with Crippen LogP contribution in [-0.4, -0.2) is 40.9 Å². The van der Waals surface area contributed by atoms with Gasteiger partial charge in [-0.25, -0.2) is 9.67 Å². The molecule has 0 aliphatic rings. The van der Waals surface area contributed by atoms with Gasteiger partial charge in [0.1, 0.15) is 12.7 Å². The van der Waals surface area contributed by atoms with E-state index in [1.165, 1.54) is 6.33 Å². The molecule has 9 nitrogen and oxygen atoms in total. The van der Waals surface area contributed by atoms with Gasteiger partial charge in [-0.05, 0) is 59.3 Å². The molecule has 2 heterocycles. The molecule has 9 heteroatoms. The number of anilines is 1. The number of hydrogen-bond donors (Lipinski definition) is 1. The maximum atomic E-state index is 12.4. The molecule has 0 spiro atoms. The summed E-state index contributed by atoms with van der Waals surface area (Å²) in [6.07, 6.45) is 3.16. The summed E-state index contributed by atoms with van der Waals surface area (Å²) in [5, 5.41) is 18.3. The zero-order valence-electron chi connectivity index (χ0n) is 14.5. The Balaban J connectivity index is 1.42. The number of hydrogen-bond acceptors (Lipinski definition) is 6. The lowest BCUT2D eigenvalue weighted by Crippen LogP contribution is -2.12. The second kappa shape index (κ2) is 7.16. The van der Waals surface area contributed by atoms with Crippen LogP contribution in [0.2, 0.25) is 0 Å². The van der Waals surface area contributed by atoms with Crippen LogP contribution in [-0.2, 0) is 6.54 Å². The van der Waals surface area contributed by atoms with E-state index in [-0.39, 0.29) is 5.91 Å². The third kappa shape index (κ3) is 3.71. The largest absolute Gasteiger partial charge is 0.322 e. The molecular weight excluding hydrogens is 344 g/mol. The van der Waals surface area contributed by atoms with Crippen molar-refractivity contribution in [1.82, 2.24) is 35.0 Å². The van der Waals surface area contributed by atoms with Gasteiger partial charge in [0.2, 0.25) is 0 Å². The van der Waals surface area contributed by atoms with Gasteiger partial charge in [0.05, 0.1) is 12.2 Å². The molecule has 0 bridgehead atoms. The molecule has 0 unspecified atom stereocenters. The number of tetrazole rings is 1. The predicted molar refractivity (Wildman–Crippen MR) is 97.4 cm³/mol. The lowest BCUT2D eigenvalue weighted by Gasteiger charge is -2.08. The average Bonchev–Trinajstić information content (AvgIpc) is 3.35. The molecule has 0 saturated carbocycles. The summed E-state index contributed by atoms with van der Waals surface area (Å²) in [6.45, 7) is 2.44. The minimum absolute atomic E-state index is 0.181. The van der Waals surface area contributed by atoms with Crippen LogP contribution < -0.4 is 5.32 Å². The Kier molecular flexibility index (Phi) is 4.40. The molecule has 2 aromatic carbocycles. The zero-order chi connectivity index (χ0) is 18.6. The number of benzene rings is 2. The molecule has 1 amide bonds. The summed E-state index contributed by atoms with van der Waals surface area (Å²) >= 11 is 0. The summed E-state index contributed by atoms with van der Waals surface area (Å²) in [7, 11) is 0. The topological polar surface area (TPSA) is 103 Å². The van der Waals surface area contributed by atoms with Crippen molar-refractivity contribution in [2.24, 2.45) is 0 Å². The van der Waals surface area contributed by atoms with Crippen LogP contribution in [0.4, 0.5) is 5.69 Å². The number of aryl methyl sites for hydroxylation is 1. The number of nitrogens with zero attached hydrogens (tertiary/aromatic N) is 7. The second-order valence-electron chi connectivity index (χ2n) is 5.93. The molecule has 134 valence electrons. The van der Waals surface area contributed by atoms with E-state index in [1.54, 1.807) is 40.0 Å². The Labute approximate surface area is 154 Å². The average molecular weight is 360 g/mol. The second-order valence-corrected chi connectivity index (χ2v) is 5.93. The van der Waals surface area contributed by atoms with E-state index in [2.05, 4.69) is 30.9 Å². The van der Waals surface area contributed by atoms with Gasteiger partial charge in [-0.1, -0.05) is 12.1 Å². The Bertz CT molecular complexity index is 1040. The summed E-state index contributed by atoms with van der Waals surface area (Å²) in [5.41, 5.74) is 3.14. The molecule has 0 atom stereocenters. The van der Waals surface area contributed by atoms with Gasteiger partial charge in [0.15, 0.2) is 5.82 Å². The highest BCUT2D eigenvalue weighted by Crippen LogP contribution is 2.14. The van der Waals surface area contributed by atoms with Gasteiger partial charge in [0, 0.05) is 11.3 Å². The first-order valence-electron chi connectivity index (χ1n) is 8.27. The monoisotopic (exact) mass is 360 g/mol. The van der Waals surface area contributed by atoms with Gasteiger partial charge in [0.25, 0.3) is 5.91 Å². The van der Waals surface area contributed by atoms with E-state index >= 15 is 0 Å². The third-order valence-corrected chi connectivity index (χ3v) is 4.02. The molecule has 0 saturated heterocycles. The summed E-state index contributed by atoms with van der Waals surface area (Å²) in [6, 6.07) is 14.7. The van der Waals surface area contributed by atoms with Gasteiger partial charge in [-0.15, -0.1) is 5.10 Å². The van der Waals surface area contributed by atoms with Crippen molar-refractivity contribution >= 4 is 11.6 Å². The molecule has 27 heavy (non-hydrogen) atoms. The van der Waals surface area contributed by atoms with Crippen LogP contribution in [0.25, 0.3) is 5.69 Å². The lowest BCUT2D eigenvalue weighted by molar-refractivity contribution is 0.102. The van der Waals surface area contributed by atoms with Crippen molar-refractivity contribution in [3.63, 3.8) is 0 Å². The van der Waals surface area contributed by atoms with Crippen molar-refractivity contribution in [2.75, 3.05) is 5.32 Å². The number of carbonyl (C=O) groups excluding carboxylic acids is 1. The van der Waals surface area contributed by atoms with Crippen molar-refractivity contribution < 1.29 is 4.79 Å². The number of amides is 1. The van der Waals surface area contributed by atoms with E-state index in [9.17, 15) is 4.79 Å². The Hall–Kier alpha value is -3.88. The molecule has 1 N–H and O–H groups in total. The standard InChI is InChI=1S/C18H16N8O/c1-13-22-23-24-26(13)17-8-4-15(5-9-17)18(27)21-16-6-2-14(3-7-16)10-25-12-19-11-20-25/h2-9,11-12H,10H2,1H3,(H,21,27). The minimum Gasteiger partial charge on any atom is -0.322 e. The van der Waals surface area contributed by atoms with Crippen LogP contribution in [0.1, 0.15) is 21.7 Å². The van der Waals surface area contributed by atoms with Crippen LogP contribution in [0.5, 0.6) is 0 Å². The number of carbonyl (C=O) groups is 1. The van der Waals surface area contributed by atoms with Gasteiger partial charge in [-0.2, -0.15) is 9.78 Å². The maximum absolute atomic E-state index is 12.4. The fourth-order valence-electron chi connectivity index (χ4n) is 2.62. The van der Waals surface area contributed by atoms with E-state index in [0.717, 1.165) is 16.9 Å². The van der Waals surface area contributed by atoms with Crippen LogP contribution in [0.15, 0.2) is 61.2 Å². The molecule has 4 aromatic rings.